The Kier molecular flexibility index (Phi) is 6.69. The molecule has 1 aliphatic heterocycles. The van der Waals surface area contributed by atoms with Gasteiger partial charge in [0.15, 0.2) is 11.5 Å². The second-order valence-electron chi connectivity index (χ2n) is 6.51. The molecule has 2 aromatic carbocycles. The molecule has 0 radical (unpaired) electrons. The minimum atomic E-state index is 0.319. The fraction of sp³-hybridized carbons (Fsp3) is 0.364. The molecule has 0 saturated carbocycles. The van der Waals surface area contributed by atoms with E-state index in [2.05, 4.69) is 41.1 Å². The van der Waals surface area contributed by atoms with Gasteiger partial charge in [-0.2, -0.15) is 0 Å². The van der Waals surface area contributed by atoms with Crippen LogP contribution in [0.2, 0.25) is 0 Å². The molecule has 1 fully saturated rings. The van der Waals surface area contributed by atoms with Crippen molar-refractivity contribution in [3.8, 4) is 11.5 Å². The number of rotatable bonds is 8. The quantitative estimate of drug-likeness (QED) is 0.733. The fourth-order valence-electron chi connectivity index (χ4n) is 3.40. The molecule has 0 unspecified atom stereocenters. The van der Waals surface area contributed by atoms with Crippen molar-refractivity contribution in [2.24, 2.45) is 0 Å². The van der Waals surface area contributed by atoms with Gasteiger partial charge >= 0.3 is 0 Å². The second-order valence-corrected chi connectivity index (χ2v) is 6.51. The van der Waals surface area contributed by atoms with Gasteiger partial charge in [0.1, 0.15) is 6.61 Å². The summed E-state index contributed by atoms with van der Waals surface area (Å²) in [6, 6.07) is 16.8. The Bertz CT molecular complexity index is 697. The van der Waals surface area contributed by atoms with Gasteiger partial charge in [0.25, 0.3) is 0 Å². The highest BCUT2D eigenvalue weighted by Crippen LogP contribution is 2.34. The van der Waals surface area contributed by atoms with Crippen LogP contribution in [0, 0.1) is 0 Å². The third-order valence-corrected chi connectivity index (χ3v) is 4.79. The zero-order valence-corrected chi connectivity index (χ0v) is 15.5. The van der Waals surface area contributed by atoms with Crippen molar-refractivity contribution in [3.05, 3.63) is 72.3 Å². The van der Waals surface area contributed by atoms with Gasteiger partial charge in [0.05, 0.1) is 7.11 Å². The Balaban J connectivity index is 1.81. The largest absolute Gasteiger partial charge is 0.493 e. The van der Waals surface area contributed by atoms with Gasteiger partial charge in [-0.05, 0) is 29.7 Å². The predicted molar refractivity (Wildman–Crippen MR) is 106 cm³/mol. The van der Waals surface area contributed by atoms with Gasteiger partial charge in [-0.25, -0.2) is 0 Å². The van der Waals surface area contributed by atoms with Crippen LogP contribution in [0.1, 0.15) is 23.6 Å². The third kappa shape index (κ3) is 4.65. The van der Waals surface area contributed by atoms with E-state index < -0.39 is 0 Å². The molecule has 138 valence electrons. The van der Waals surface area contributed by atoms with Crippen LogP contribution in [0.25, 0.3) is 0 Å². The topological polar surface area (TPSA) is 33.7 Å². The molecule has 0 spiro atoms. The summed E-state index contributed by atoms with van der Waals surface area (Å²) in [5.41, 5.74) is 2.39. The Hall–Kier alpha value is -2.30. The number of hydrogen-bond donors (Lipinski definition) is 1. The van der Waals surface area contributed by atoms with Crippen LogP contribution < -0.4 is 14.8 Å². The third-order valence-electron chi connectivity index (χ3n) is 4.79. The van der Waals surface area contributed by atoms with E-state index in [1.165, 1.54) is 5.56 Å². The second kappa shape index (κ2) is 9.41. The highest BCUT2D eigenvalue weighted by Gasteiger charge is 2.22. The van der Waals surface area contributed by atoms with Crippen molar-refractivity contribution in [3.63, 3.8) is 0 Å². The van der Waals surface area contributed by atoms with Crippen molar-refractivity contribution in [2.45, 2.75) is 19.1 Å². The standard InChI is InChI=1S/C22H28N2O2/c1-3-7-20(24-14-12-23-13-15-24)19-10-11-21(25-2)22(16-19)26-17-18-8-5-4-6-9-18/h3-6,8-11,16,20,23H,1,7,12-15,17H2,2H3/t20-/m0/s1. The summed E-state index contributed by atoms with van der Waals surface area (Å²) in [6.45, 7) is 8.63. The minimum absolute atomic E-state index is 0.319. The van der Waals surface area contributed by atoms with E-state index in [1.54, 1.807) is 7.11 Å². The van der Waals surface area contributed by atoms with Crippen LogP contribution in [-0.4, -0.2) is 38.2 Å². The van der Waals surface area contributed by atoms with Gasteiger partial charge in [-0.1, -0.05) is 42.5 Å². The summed E-state index contributed by atoms with van der Waals surface area (Å²) in [6.07, 6.45) is 2.92. The molecule has 1 atom stereocenters. The van der Waals surface area contributed by atoms with Crippen LogP contribution in [0.15, 0.2) is 61.2 Å². The van der Waals surface area contributed by atoms with Gasteiger partial charge in [0.2, 0.25) is 0 Å². The molecule has 1 saturated heterocycles. The number of piperazine rings is 1. The average Bonchev–Trinajstić information content (AvgIpc) is 2.71. The zero-order chi connectivity index (χ0) is 18.2. The molecule has 4 heteroatoms. The lowest BCUT2D eigenvalue weighted by Gasteiger charge is -2.35. The van der Waals surface area contributed by atoms with E-state index in [4.69, 9.17) is 9.47 Å². The summed E-state index contributed by atoms with van der Waals surface area (Å²) in [5, 5.41) is 3.42. The number of benzene rings is 2. The van der Waals surface area contributed by atoms with Gasteiger partial charge in [-0.15, -0.1) is 6.58 Å². The maximum atomic E-state index is 6.09. The van der Waals surface area contributed by atoms with Crippen molar-refractivity contribution in [1.82, 2.24) is 10.2 Å². The maximum Gasteiger partial charge on any atom is 0.161 e. The SMILES string of the molecule is C=CC[C@@H](c1ccc(OC)c(OCc2ccccc2)c1)N1CCNCC1. The van der Waals surface area contributed by atoms with E-state index in [-0.39, 0.29) is 0 Å². The summed E-state index contributed by atoms with van der Waals surface area (Å²) in [4.78, 5) is 2.51. The Morgan fingerprint density at radius 2 is 1.88 bits per heavy atom. The molecule has 4 nitrogen and oxygen atoms in total. The van der Waals surface area contributed by atoms with E-state index in [9.17, 15) is 0 Å². The maximum absolute atomic E-state index is 6.09. The number of methoxy groups -OCH3 is 1. The van der Waals surface area contributed by atoms with Crippen LogP contribution in [0.3, 0.4) is 0 Å². The lowest BCUT2D eigenvalue weighted by Crippen LogP contribution is -2.45. The fourth-order valence-corrected chi connectivity index (χ4v) is 3.40. The summed E-state index contributed by atoms with van der Waals surface area (Å²) in [7, 11) is 1.68. The molecule has 0 aliphatic carbocycles. The lowest BCUT2D eigenvalue weighted by atomic mass is 10.0. The first-order chi connectivity index (χ1) is 12.8. The molecule has 0 amide bonds. The Labute approximate surface area is 156 Å². The number of nitrogens with zero attached hydrogens (tertiary/aromatic N) is 1. The molecule has 2 aromatic rings. The molecule has 1 heterocycles. The molecule has 0 bridgehead atoms. The molecule has 3 rings (SSSR count). The van der Waals surface area contributed by atoms with Crippen molar-refractivity contribution >= 4 is 0 Å². The van der Waals surface area contributed by atoms with Crippen molar-refractivity contribution in [2.75, 3.05) is 33.3 Å². The molecular weight excluding hydrogens is 324 g/mol. The molecule has 1 aliphatic rings. The monoisotopic (exact) mass is 352 g/mol. The van der Waals surface area contributed by atoms with Crippen LogP contribution in [0.5, 0.6) is 11.5 Å². The van der Waals surface area contributed by atoms with Crippen LogP contribution >= 0.6 is 0 Å². The molecular formula is C22H28N2O2. The minimum Gasteiger partial charge on any atom is -0.493 e. The van der Waals surface area contributed by atoms with E-state index in [0.717, 1.165) is 49.7 Å². The van der Waals surface area contributed by atoms with Crippen LogP contribution in [-0.2, 0) is 6.61 Å². The zero-order valence-electron chi connectivity index (χ0n) is 15.5. The average molecular weight is 352 g/mol. The van der Waals surface area contributed by atoms with Crippen molar-refractivity contribution in [1.29, 1.82) is 0 Å². The molecule has 1 N–H and O–H groups in total. The van der Waals surface area contributed by atoms with E-state index >= 15 is 0 Å². The Morgan fingerprint density at radius 1 is 1.12 bits per heavy atom. The summed E-state index contributed by atoms with van der Waals surface area (Å²) in [5.74, 6) is 1.56. The number of hydrogen-bond acceptors (Lipinski definition) is 4. The highest BCUT2D eigenvalue weighted by atomic mass is 16.5. The Morgan fingerprint density at radius 3 is 2.58 bits per heavy atom. The summed E-state index contributed by atoms with van der Waals surface area (Å²) < 4.78 is 11.6. The van der Waals surface area contributed by atoms with Crippen LogP contribution in [0.4, 0.5) is 0 Å². The normalized spacial score (nSPS) is 16.0. The lowest BCUT2D eigenvalue weighted by molar-refractivity contribution is 0.174. The highest BCUT2D eigenvalue weighted by molar-refractivity contribution is 5.44. The van der Waals surface area contributed by atoms with Gasteiger partial charge in [0, 0.05) is 32.2 Å². The van der Waals surface area contributed by atoms with Gasteiger partial charge < -0.3 is 14.8 Å². The molecule has 26 heavy (non-hydrogen) atoms. The first-order valence-electron chi connectivity index (χ1n) is 9.22. The number of nitrogens with one attached hydrogen (secondary N) is 1. The first kappa shape index (κ1) is 18.5. The van der Waals surface area contributed by atoms with E-state index in [1.807, 2.05) is 30.3 Å². The summed E-state index contributed by atoms with van der Waals surface area (Å²) >= 11 is 0. The van der Waals surface area contributed by atoms with E-state index in [0.29, 0.717) is 12.6 Å². The van der Waals surface area contributed by atoms with Crippen molar-refractivity contribution < 1.29 is 9.47 Å². The number of ether oxygens (including phenoxy) is 2. The van der Waals surface area contributed by atoms with Gasteiger partial charge in [-0.3, -0.25) is 4.90 Å². The predicted octanol–water partition coefficient (Wildman–Crippen LogP) is 3.80. The molecule has 0 aromatic heterocycles. The smallest absolute Gasteiger partial charge is 0.161 e. The first-order valence-corrected chi connectivity index (χ1v) is 9.22.